The number of aromatic nitrogens is 4. The van der Waals surface area contributed by atoms with Crippen molar-refractivity contribution in [3.63, 3.8) is 0 Å². The van der Waals surface area contributed by atoms with Crippen LogP contribution in [-0.4, -0.2) is 41.6 Å². The molecule has 0 saturated heterocycles. The number of pyridine rings is 2. The van der Waals surface area contributed by atoms with Gasteiger partial charge in [0.2, 0.25) is 0 Å². The normalized spacial score (nSPS) is 13.3. The number of nitrogens with two attached hydrogens (primary N) is 1. The van der Waals surface area contributed by atoms with Gasteiger partial charge >= 0.3 is 6.18 Å². The molecule has 1 aliphatic heterocycles. The highest BCUT2D eigenvalue weighted by atomic mass is 19.4. The number of amides is 2. The van der Waals surface area contributed by atoms with Crippen LogP contribution in [0.5, 0.6) is 0 Å². The van der Waals surface area contributed by atoms with Gasteiger partial charge in [0.05, 0.1) is 47.0 Å². The molecule has 0 fully saturated rings. The van der Waals surface area contributed by atoms with Crippen molar-refractivity contribution >= 4 is 39.4 Å². The van der Waals surface area contributed by atoms with E-state index in [1.54, 1.807) is 60.4 Å². The third kappa shape index (κ3) is 4.10. The smallest absolute Gasteiger partial charge is 0.383 e. The Morgan fingerprint density at radius 1 is 1.08 bits per heavy atom. The van der Waals surface area contributed by atoms with Crippen LogP contribution in [0.15, 0.2) is 67.0 Å². The van der Waals surface area contributed by atoms with E-state index in [2.05, 4.69) is 15.1 Å². The molecule has 0 radical (unpaired) electrons. The van der Waals surface area contributed by atoms with Gasteiger partial charge in [0, 0.05) is 29.8 Å². The molecule has 0 saturated carbocycles. The maximum absolute atomic E-state index is 14.0. The van der Waals surface area contributed by atoms with Gasteiger partial charge in [-0.2, -0.15) is 18.3 Å². The van der Waals surface area contributed by atoms with Crippen LogP contribution < -0.4 is 5.73 Å². The van der Waals surface area contributed by atoms with Crippen molar-refractivity contribution < 1.29 is 22.8 Å². The van der Waals surface area contributed by atoms with E-state index in [0.29, 0.717) is 39.4 Å². The van der Waals surface area contributed by atoms with E-state index in [1.165, 1.54) is 16.1 Å². The van der Waals surface area contributed by atoms with Crippen molar-refractivity contribution in [1.82, 2.24) is 29.8 Å². The van der Waals surface area contributed by atoms with E-state index < -0.39 is 23.6 Å². The first-order valence-corrected chi connectivity index (χ1v) is 11.9. The third-order valence-electron chi connectivity index (χ3n) is 6.75. The lowest BCUT2D eigenvalue weighted by molar-refractivity contribution is -0.137. The summed E-state index contributed by atoms with van der Waals surface area (Å²) < 4.78 is 40.9. The average Bonchev–Trinajstić information content (AvgIpc) is 3.47. The number of fused-ring (bicyclic) bond motifs is 4. The van der Waals surface area contributed by atoms with Crippen molar-refractivity contribution in [2.24, 2.45) is 7.05 Å². The molecular formula is C27H20F3N7O2. The van der Waals surface area contributed by atoms with Gasteiger partial charge in [-0.05, 0) is 42.0 Å². The molecule has 12 heteroatoms. The maximum Gasteiger partial charge on any atom is 0.417 e. The summed E-state index contributed by atoms with van der Waals surface area (Å²) >= 11 is 0. The fourth-order valence-electron chi connectivity index (χ4n) is 4.78. The van der Waals surface area contributed by atoms with Gasteiger partial charge in [-0.1, -0.05) is 18.2 Å². The van der Waals surface area contributed by atoms with Gasteiger partial charge in [0.1, 0.15) is 5.82 Å². The van der Waals surface area contributed by atoms with Crippen LogP contribution in [-0.2, 0) is 26.3 Å². The number of alkyl halides is 3. The van der Waals surface area contributed by atoms with E-state index >= 15 is 0 Å². The number of rotatable bonds is 4. The zero-order valence-electron chi connectivity index (χ0n) is 20.5. The first-order chi connectivity index (χ1) is 18.6. The number of hydrazine groups is 1. The fourth-order valence-corrected chi connectivity index (χ4v) is 4.78. The summed E-state index contributed by atoms with van der Waals surface area (Å²) in [6, 6.07) is 13.9. The Balaban J connectivity index is 1.42. The number of anilines is 1. The minimum Gasteiger partial charge on any atom is -0.383 e. The minimum atomic E-state index is -4.55. The Bertz CT molecular complexity index is 1780. The van der Waals surface area contributed by atoms with Gasteiger partial charge in [-0.15, -0.1) is 0 Å². The standard InChI is InChI=1S/C27H20F3N7O2/c1-35-23-20-10-15(6-9-22(20)34-24(31)21(23)12-33-35)25(38)37(14-18-8-7-17(11-32-18)27(28,29)30)36-13-16-4-2-3-5-19(16)26(36)39/h2-12H,13-14H2,1H3,(H2,31,34). The maximum atomic E-state index is 14.0. The van der Waals surface area contributed by atoms with E-state index in [0.717, 1.165) is 11.6 Å². The lowest BCUT2D eigenvalue weighted by Gasteiger charge is -2.31. The molecule has 2 N–H and O–H groups in total. The fraction of sp³-hybridized carbons (Fsp3) is 0.148. The highest BCUT2D eigenvalue weighted by Crippen LogP contribution is 2.31. The number of nitrogen functional groups attached to an aromatic ring is 1. The molecule has 0 bridgehead atoms. The Labute approximate surface area is 219 Å². The molecule has 2 amide bonds. The predicted molar refractivity (Wildman–Crippen MR) is 136 cm³/mol. The highest BCUT2D eigenvalue weighted by molar-refractivity contribution is 6.10. The van der Waals surface area contributed by atoms with Crippen molar-refractivity contribution in [2.45, 2.75) is 19.3 Å². The highest BCUT2D eigenvalue weighted by Gasteiger charge is 2.35. The Morgan fingerprint density at radius 3 is 2.59 bits per heavy atom. The SMILES string of the molecule is Cn1ncc2c(N)nc3ccc(C(=O)N(Cc4ccc(C(F)(F)F)cn4)N4Cc5ccccc5C4=O)cc3c21. The van der Waals surface area contributed by atoms with Crippen LogP contribution in [0.4, 0.5) is 19.0 Å². The van der Waals surface area contributed by atoms with Crippen LogP contribution in [0, 0.1) is 0 Å². The molecule has 2 aromatic carbocycles. The zero-order chi connectivity index (χ0) is 27.5. The predicted octanol–water partition coefficient (Wildman–Crippen LogP) is 4.33. The molecule has 0 spiro atoms. The second kappa shape index (κ2) is 8.79. The summed E-state index contributed by atoms with van der Waals surface area (Å²) in [5.74, 6) is -0.623. The lowest BCUT2D eigenvalue weighted by Crippen LogP contribution is -2.46. The molecule has 196 valence electrons. The molecular weight excluding hydrogens is 511 g/mol. The summed E-state index contributed by atoms with van der Waals surface area (Å²) in [6.45, 7) is -0.102. The molecule has 0 unspecified atom stereocenters. The zero-order valence-corrected chi connectivity index (χ0v) is 20.5. The number of halogens is 3. The Morgan fingerprint density at radius 2 is 1.87 bits per heavy atom. The summed E-state index contributed by atoms with van der Waals surface area (Å²) in [6.07, 6.45) is -2.24. The van der Waals surface area contributed by atoms with Gasteiger partial charge in [0.15, 0.2) is 0 Å². The Kier molecular flexibility index (Phi) is 5.49. The number of carbonyl (C=O) groups is 2. The number of hydrogen-bond acceptors (Lipinski definition) is 6. The van der Waals surface area contributed by atoms with Crippen LogP contribution in [0.1, 0.15) is 37.5 Å². The summed E-state index contributed by atoms with van der Waals surface area (Å²) in [5, 5.41) is 8.02. The van der Waals surface area contributed by atoms with Crippen molar-refractivity contribution in [2.75, 3.05) is 5.73 Å². The summed E-state index contributed by atoms with van der Waals surface area (Å²) in [7, 11) is 1.75. The number of nitrogens with zero attached hydrogens (tertiary/aromatic N) is 6. The molecule has 6 rings (SSSR count). The van der Waals surface area contributed by atoms with E-state index in [4.69, 9.17) is 5.73 Å². The molecule has 9 nitrogen and oxygen atoms in total. The minimum absolute atomic E-state index is 0.124. The topological polar surface area (TPSA) is 110 Å². The van der Waals surface area contributed by atoms with Gasteiger partial charge < -0.3 is 5.73 Å². The quantitative estimate of drug-likeness (QED) is 0.370. The molecule has 0 aliphatic carbocycles. The lowest BCUT2D eigenvalue weighted by atomic mass is 10.1. The van der Waals surface area contributed by atoms with Crippen molar-refractivity contribution in [3.8, 4) is 0 Å². The first-order valence-electron chi connectivity index (χ1n) is 11.9. The second-order valence-electron chi connectivity index (χ2n) is 9.18. The molecule has 0 atom stereocenters. The van der Waals surface area contributed by atoms with E-state index in [-0.39, 0.29) is 24.3 Å². The van der Waals surface area contributed by atoms with Crippen LogP contribution in [0.25, 0.3) is 21.8 Å². The van der Waals surface area contributed by atoms with Crippen molar-refractivity contribution in [1.29, 1.82) is 0 Å². The molecule has 39 heavy (non-hydrogen) atoms. The molecule has 4 heterocycles. The number of hydrogen-bond donors (Lipinski definition) is 1. The van der Waals surface area contributed by atoms with Crippen LogP contribution >= 0.6 is 0 Å². The van der Waals surface area contributed by atoms with Crippen LogP contribution in [0.2, 0.25) is 0 Å². The van der Waals surface area contributed by atoms with E-state index in [1.807, 2.05) is 0 Å². The van der Waals surface area contributed by atoms with Crippen LogP contribution in [0.3, 0.4) is 0 Å². The number of benzene rings is 2. The molecule has 1 aliphatic rings. The molecule has 5 aromatic rings. The third-order valence-corrected chi connectivity index (χ3v) is 6.75. The van der Waals surface area contributed by atoms with Gasteiger partial charge in [0.25, 0.3) is 11.8 Å². The molecule has 3 aromatic heterocycles. The largest absolute Gasteiger partial charge is 0.417 e. The van der Waals surface area contributed by atoms with Gasteiger partial charge in [-0.25, -0.2) is 15.0 Å². The monoisotopic (exact) mass is 531 g/mol. The van der Waals surface area contributed by atoms with Gasteiger partial charge in [-0.3, -0.25) is 19.3 Å². The number of aryl methyl sites for hydroxylation is 1. The summed E-state index contributed by atoms with van der Waals surface area (Å²) in [4.78, 5) is 35.6. The Hall–Kier alpha value is -5.00. The summed E-state index contributed by atoms with van der Waals surface area (Å²) in [5.41, 5.74) is 8.03. The van der Waals surface area contributed by atoms with E-state index in [9.17, 15) is 22.8 Å². The first kappa shape index (κ1) is 24.3. The average molecular weight is 531 g/mol. The second-order valence-corrected chi connectivity index (χ2v) is 9.18. The number of carbonyl (C=O) groups excluding carboxylic acids is 2. The van der Waals surface area contributed by atoms with Crippen molar-refractivity contribution in [3.05, 3.63) is 94.9 Å².